The van der Waals surface area contributed by atoms with Crippen LogP contribution in [0.5, 0.6) is 5.75 Å². The summed E-state index contributed by atoms with van der Waals surface area (Å²) < 4.78 is 7.50. The molecule has 0 aromatic heterocycles. The molecule has 0 saturated carbocycles. The summed E-state index contributed by atoms with van der Waals surface area (Å²) in [5.74, 6) is 0.853. The van der Waals surface area contributed by atoms with Crippen LogP contribution in [-0.2, 0) is 6.54 Å². The number of halogens is 2. The number of ether oxygens (including phenoxy) is 1. The van der Waals surface area contributed by atoms with Gasteiger partial charge in [-0.2, -0.15) is 0 Å². The lowest BCUT2D eigenvalue weighted by molar-refractivity contribution is 0.336. The van der Waals surface area contributed by atoms with E-state index in [1.165, 1.54) is 5.56 Å². The summed E-state index contributed by atoms with van der Waals surface area (Å²) in [5.41, 5.74) is 2.30. The lowest BCUT2D eigenvalue weighted by Gasteiger charge is -2.12. The summed E-state index contributed by atoms with van der Waals surface area (Å²) >= 11 is 7.08. The van der Waals surface area contributed by atoms with Crippen LogP contribution < -0.4 is 10.1 Å². The van der Waals surface area contributed by atoms with Crippen LogP contribution in [0.1, 0.15) is 12.5 Å². The molecule has 0 saturated heterocycles. The third kappa shape index (κ3) is 3.98. The summed E-state index contributed by atoms with van der Waals surface area (Å²) in [7, 11) is 0. The highest BCUT2D eigenvalue weighted by atomic mass is 79.9. The van der Waals surface area contributed by atoms with E-state index in [9.17, 15) is 0 Å². The summed E-state index contributed by atoms with van der Waals surface area (Å²) in [6.45, 7) is 3.40. The highest BCUT2D eigenvalue weighted by Gasteiger charge is 2.08. The molecule has 0 radical (unpaired) electrons. The van der Waals surface area contributed by atoms with E-state index in [2.05, 4.69) is 61.4 Å². The van der Waals surface area contributed by atoms with Gasteiger partial charge in [0.05, 0.1) is 15.6 Å². The molecule has 0 aliphatic heterocycles. The molecule has 0 amide bonds. The van der Waals surface area contributed by atoms with E-state index in [1.807, 2.05) is 25.1 Å². The van der Waals surface area contributed by atoms with Gasteiger partial charge in [-0.3, -0.25) is 0 Å². The van der Waals surface area contributed by atoms with Crippen molar-refractivity contribution in [2.75, 3.05) is 11.9 Å². The topological polar surface area (TPSA) is 21.3 Å². The van der Waals surface area contributed by atoms with Gasteiger partial charge < -0.3 is 10.1 Å². The number of hydrogen-bond donors (Lipinski definition) is 1. The number of para-hydroxylation sites is 1. The van der Waals surface area contributed by atoms with E-state index in [4.69, 9.17) is 4.74 Å². The first-order valence-corrected chi connectivity index (χ1v) is 7.69. The Morgan fingerprint density at radius 3 is 2.26 bits per heavy atom. The van der Waals surface area contributed by atoms with Crippen LogP contribution in [0, 0.1) is 0 Å². The lowest BCUT2D eigenvalue weighted by atomic mass is 10.2. The van der Waals surface area contributed by atoms with Crippen molar-refractivity contribution in [3.63, 3.8) is 0 Å². The van der Waals surface area contributed by atoms with Crippen molar-refractivity contribution in [1.29, 1.82) is 0 Å². The SMILES string of the molecule is CCOc1c(Br)cc(CNc2ccccc2)cc1Br. The molecule has 2 aromatic carbocycles. The second-order valence-electron chi connectivity index (χ2n) is 4.04. The highest BCUT2D eigenvalue weighted by molar-refractivity contribution is 9.11. The predicted octanol–water partition coefficient (Wildman–Crippen LogP) is 5.22. The Bertz CT molecular complexity index is 520. The van der Waals surface area contributed by atoms with Gasteiger partial charge in [0, 0.05) is 12.2 Å². The van der Waals surface area contributed by atoms with Crippen LogP contribution in [0.15, 0.2) is 51.4 Å². The maximum absolute atomic E-state index is 5.57. The zero-order chi connectivity index (χ0) is 13.7. The zero-order valence-electron chi connectivity index (χ0n) is 10.6. The van der Waals surface area contributed by atoms with Crippen molar-refractivity contribution >= 4 is 37.5 Å². The van der Waals surface area contributed by atoms with E-state index in [0.717, 1.165) is 26.9 Å². The van der Waals surface area contributed by atoms with Gasteiger partial charge in [-0.25, -0.2) is 0 Å². The Morgan fingerprint density at radius 2 is 1.68 bits per heavy atom. The lowest BCUT2D eigenvalue weighted by Crippen LogP contribution is -2.00. The molecule has 0 aliphatic carbocycles. The minimum Gasteiger partial charge on any atom is -0.492 e. The van der Waals surface area contributed by atoms with Crippen molar-refractivity contribution < 1.29 is 4.74 Å². The molecule has 0 bridgehead atoms. The Morgan fingerprint density at radius 1 is 1.05 bits per heavy atom. The number of rotatable bonds is 5. The van der Waals surface area contributed by atoms with Crippen LogP contribution in [-0.4, -0.2) is 6.61 Å². The third-order valence-electron chi connectivity index (χ3n) is 2.62. The van der Waals surface area contributed by atoms with Crippen molar-refractivity contribution in [2.45, 2.75) is 13.5 Å². The molecule has 0 aliphatic rings. The Kier molecular flexibility index (Phi) is 5.28. The van der Waals surface area contributed by atoms with Crippen LogP contribution in [0.4, 0.5) is 5.69 Å². The van der Waals surface area contributed by atoms with Gasteiger partial charge >= 0.3 is 0 Å². The summed E-state index contributed by atoms with van der Waals surface area (Å²) in [5, 5.41) is 3.38. The average molecular weight is 385 g/mol. The number of anilines is 1. The quantitative estimate of drug-likeness (QED) is 0.762. The van der Waals surface area contributed by atoms with Gasteiger partial charge in [0.25, 0.3) is 0 Å². The zero-order valence-corrected chi connectivity index (χ0v) is 13.8. The van der Waals surface area contributed by atoms with Gasteiger partial charge in [0.2, 0.25) is 0 Å². The molecule has 2 nitrogen and oxygen atoms in total. The third-order valence-corrected chi connectivity index (χ3v) is 3.80. The molecule has 0 heterocycles. The normalized spacial score (nSPS) is 10.3. The molecular formula is C15H15Br2NO. The number of hydrogen-bond acceptors (Lipinski definition) is 2. The molecule has 0 atom stereocenters. The van der Waals surface area contributed by atoms with Crippen LogP contribution in [0.25, 0.3) is 0 Å². The first-order valence-electron chi connectivity index (χ1n) is 6.10. The first kappa shape index (κ1) is 14.4. The van der Waals surface area contributed by atoms with Crippen LogP contribution in [0.2, 0.25) is 0 Å². The van der Waals surface area contributed by atoms with Gasteiger partial charge in [-0.05, 0) is 68.6 Å². The maximum atomic E-state index is 5.57. The minimum absolute atomic E-state index is 0.652. The molecule has 2 rings (SSSR count). The van der Waals surface area contributed by atoms with Gasteiger partial charge in [0.15, 0.2) is 0 Å². The Labute approximate surface area is 130 Å². The summed E-state index contributed by atoms with van der Waals surface area (Å²) in [4.78, 5) is 0. The van der Waals surface area contributed by atoms with E-state index < -0.39 is 0 Å². The van der Waals surface area contributed by atoms with Gasteiger partial charge in [-0.15, -0.1) is 0 Å². The average Bonchev–Trinajstić information content (AvgIpc) is 2.42. The molecule has 100 valence electrons. The second-order valence-corrected chi connectivity index (χ2v) is 5.75. The fraction of sp³-hybridized carbons (Fsp3) is 0.200. The molecular weight excluding hydrogens is 370 g/mol. The van der Waals surface area contributed by atoms with Crippen molar-refractivity contribution in [3.05, 3.63) is 57.0 Å². The van der Waals surface area contributed by atoms with Crippen molar-refractivity contribution in [1.82, 2.24) is 0 Å². The molecule has 19 heavy (non-hydrogen) atoms. The minimum atomic E-state index is 0.652. The Hall–Kier alpha value is -1.00. The monoisotopic (exact) mass is 383 g/mol. The Balaban J connectivity index is 2.09. The van der Waals surface area contributed by atoms with Crippen molar-refractivity contribution in [3.8, 4) is 5.75 Å². The van der Waals surface area contributed by atoms with Gasteiger partial charge in [0.1, 0.15) is 5.75 Å². The number of nitrogens with one attached hydrogen (secondary N) is 1. The summed E-state index contributed by atoms with van der Waals surface area (Å²) in [6.07, 6.45) is 0. The fourth-order valence-corrected chi connectivity index (χ4v) is 3.27. The molecule has 0 unspecified atom stereocenters. The van der Waals surface area contributed by atoms with E-state index in [0.29, 0.717) is 6.61 Å². The highest BCUT2D eigenvalue weighted by Crippen LogP contribution is 2.34. The van der Waals surface area contributed by atoms with Gasteiger partial charge in [-0.1, -0.05) is 18.2 Å². The van der Waals surface area contributed by atoms with Crippen LogP contribution in [0.3, 0.4) is 0 Å². The standard InChI is InChI=1S/C15H15Br2NO/c1-2-19-15-13(16)8-11(9-14(15)17)10-18-12-6-4-3-5-7-12/h3-9,18H,2,10H2,1H3. The molecule has 2 aromatic rings. The second kappa shape index (κ2) is 6.96. The van der Waals surface area contributed by atoms with Crippen LogP contribution >= 0.6 is 31.9 Å². The first-order chi connectivity index (χ1) is 9.20. The van der Waals surface area contributed by atoms with Crippen molar-refractivity contribution in [2.24, 2.45) is 0 Å². The molecule has 4 heteroatoms. The summed E-state index contributed by atoms with van der Waals surface area (Å²) in [6, 6.07) is 14.3. The fourth-order valence-electron chi connectivity index (χ4n) is 1.76. The smallest absolute Gasteiger partial charge is 0.147 e. The maximum Gasteiger partial charge on any atom is 0.147 e. The molecule has 0 spiro atoms. The predicted molar refractivity (Wildman–Crippen MR) is 86.8 cm³/mol. The molecule has 1 N–H and O–H groups in total. The van der Waals surface area contributed by atoms with E-state index >= 15 is 0 Å². The number of benzene rings is 2. The molecule has 0 fully saturated rings. The van der Waals surface area contributed by atoms with E-state index in [1.54, 1.807) is 0 Å². The largest absolute Gasteiger partial charge is 0.492 e. The van der Waals surface area contributed by atoms with E-state index in [-0.39, 0.29) is 0 Å².